The van der Waals surface area contributed by atoms with Gasteiger partial charge in [-0.2, -0.15) is 0 Å². The van der Waals surface area contributed by atoms with Gasteiger partial charge in [0.25, 0.3) is 0 Å². The topological polar surface area (TPSA) is 34.1 Å². The Morgan fingerprint density at radius 1 is 1.33 bits per heavy atom. The molecule has 1 atom stereocenters. The first-order valence-corrected chi connectivity index (χ1v) is 5.61. The lowest BCUT2D eigenvalue weighted by atomic mass is 9.68. The van der Waals surface area contributed by atoms with Crippen molar-refractivity contribution in [3.8, 4) is 0 Å². The molecular weight excluding hydrogens is 188 g/mol. The molecule has 0 bridgehead atoms. The summed E-state index contributed by atoms with van der Waals surface area (Å²) in [5.74, 6) is 0.730. The predicted molar refractivity (Wildman–Crippen MR) is 57.7 cm³/mol. The summed E-state index contributed by atoms with van der Waals surface area (Å²) in [6, 6.07) is 4.28. The molecule has 3 heteroatoms. The first kappa shape index (κ1) is 9.31. The van der Waals surface area contributed by atoms with Crippen molar-refractivity contribution in [1.29, 1.82) is 0 Å². The van der Waals surface area contributed by atoms with Crippen LogP contribution in [0.5, 0.6) is 0 Å². The van der Waals surface area contributed by atoms with Crippen molar-refractivity contribution in [3.05, 3.63) is 30.1 Å². The second kappa shape index (κ2) is 3.58. The average molecular weight is 204 g/mol. The Hall–Kier alpha value is -0.930. The lowest BCUT2D eigenvalue weighted by Gasteiger charge is -2.46. The van der Waals surface area contributed by atoms with E-state index in [4.69, 9.17) is 4.74 Å². The smallest absolute Gasteiger partial charge is 0.0588 e. The van der Waals surface area contributed by atoms with E-state index in [1.165, 1.54) is 12.0 Å². The summed E-state index contributed by atoms with van der Waals surface area (Å²) in [7, 11) is 0. The Kier molecular flexibility index (Phi) is 2.22. The number of nitrogens with zero attached hydrogens (tertiary/aromatic N) is 1. The van der Waals surface area contributed by atoms with Gasteiger partial charge in [-0.3, -0.25) is 4.98 Å². The molecule has 0 radical (unpaired) electrons. The minimum absolute atomic E-state index is 0.270. The van der Waals surface area contributed by atoms with Crippen LogP contribution >= 0.6 is 0 Å². The van der Waals surface area contributed by atoms with Crippen molar-refractivity contribution >= 4 is 0 Å². The number of nitrogens with one attached hydrogen (secondary N) is 1. The Bertz CT molecular complexity index is 329. The number of ether oxygens (including phenoxy) is 1. The molecule has 0 saturated carbocycles. The zero-order chi connectivity index (χ0) is 10.1. The van der Waals surface area contributed by atoms with Gasteiger partial charge < -0.3 is 10.1 Å². The summed E-state index contributed by atoms with van der Waals surface area (Å²) in [5, 5.41) is 3.44. The van der Waals surface area contributed by atoms with E-state index in [0.717, 1.165) is 32.2 Å². The van der Waals surface area contributed by atoms with E-state index >= 15 is 0 Å². The van der Waals surface area contributed by atoms with Crippen molar-refractivity contribution in [1.82, 2.24) is 10.3 Å². The molecule has 2 aliphatic rings. The summed E-state index contributed by atoms with van der Waals surface area (Å²) < 4.78 is 5.46. The van der Waals surface area contributed by atoms with Crippen LogP contribution in [-0.2, 0) is 10.2 Å². The van der Waals surface area contributed by atoms with Gasteiger partial charge in [-0.25, -0.2) is 0 Å². The molecule has 3 nitrogen and oxygen atoms in total. The molecule has 2 fully saturated rings. The van der Waals surface area contributed by atoms with E-state index in [2.05, 4.69) is 22.4 Å². The SMILES string of the molecule is c1cc(C2(C3CCNC3)COC2)ccn1. The maximum atomic E-state index is 5.46. The fourth-order valence-corrected chi connectivity index (χ4v) is 2.77. The van der Waals surface area contributed by atoms with Crippen LogP contribution in [0.1, 0.15) is 12.0 Å². The van der Waals surface area contributed by atoms with Crippen molar-refractivity contribution < 1.29 is 4.74 Å². The molecule has 3 heterocycles. The lowest BCUT2D eigenvalue weighted by Crippen LogP contribution is -2.53. The van der Waals surface area contributed by atoms with Crippen LogP contribution in [0.4, 0.5) is 0 Å². The fraction of sp³-hybridized carbons (Fsp3) is 0.583. The van der Waals surface area contributed by atoms with Gasteiger partial charge in [-0.05, 0) is 43.1 Å². The quantitative estimate of drug-likeness (QED) is 0.779. The molecule has 1 aromatic heterocycles. The Labute approximate surface area is 89.9 Å². The number of aromatic nitrogens is 1. The van der Waals surface area contributed by atoms with E-state index in [1.54, 1.807) is 0 Å². The molecule has 0 aliphatic carbocycles. The van der Waals surface area contributed by atoms with Crippen LogP contribution in [0.15, 0.2) is 24.5 Å². The molecule has 1 aromatic rings. The second-order valence-electron chi connectivity index (χ2n) is 4.57. The third-order valence-electron chi connectivity index (χ3n) is 3.82. The highest BCUT2D eigenvalue weighted by Crippen LogP contribution is 2.41. The standard InChI is InChI=1S/C12H16N2O/c1-4-13-5-2-10(1)12(8-15-9-12)11-3-6-14-7-11/h1-2,4-5,11,14H,3,6-9H2. The van der Waals surface area contributed by atoms with E-state index in [-0.39, 0.29) is 5.41 Å². The second-order valence-corrected chi connectivity index (χ2v) is 4.57. The van der Waals surface area contributed by atoms with E-state index in [0.29, 0.717) is 0 Å². The van der Waals surface area contributed by atoms with Crippen LogP contribution < -0.4 is 5.32 Å². The Morgan fingerprint density at radius 2 is 2.13 bits per heavy atom. The normalized spacial score (nSPS) is 28.7. The third kappa shape index (κ3) is 1.38. The Morgan fingerprint density at radius 3 is 2.67 bits per heavy atom. The average Bonchev–Trinajstić information content (AvgIpc) is 2.72. The highest BCUT2D eigenvalue weighted by molar-refractivity contribution is 5.28. The summed E-state index contributed by atoms with van der Waals surface area (Å²) in [5.41, 5.74) is 1.67. The maximum absolute atomic E-state index is 5.46. The van der Waals surface area contributed by atoms with Gasteiger partial charge >= 0.3 is 0 Å². The monoisotopic (exact) mass is 204 g/mol. The minimum Gasteiger partial charge on any atom is -0.379 e. The van der Waals surface area contributed by atoms with Crippen LogP contribution in [0.2, 0.25) is 0 Å². The molecular formula is C12H16N2O. The first-order chi connectivity index (χ1) is 7.42. The van der Waals surface area contributed by atoms with E-state index in [1.807, 2.05) is 12.4 Å². The van der Waals surface area contributed by atoms with Crippen LogP contribution in [-0.4, -0.2) is 31.3 Å². The van der Waals surface area contributed by atoms with E-state index in [9.17, 15) is 0 Å². The zero-order valence-electron chi connectivity index (χ0n) is 8.78. The molecule has 0 spiro atoms. The molecule has 1 unspecified atom stereocenters. The fourth-order valence-electron chi connectivity index (χ4n) is 2.77. The minimum atomic E-state index is 0.270. The number of rotatable bonds is 2. The van der Waals surface area contributed by atoms with Crippen molar-refractivity contribution in [3.63, 3.8) is 0 Å². The number of hydrogen-bond acceptors (Lipinski definition) is 3. The van der Waals surface area contributed by atoms with Crippen molar-refractivity contribution in [2.75, 3.05) is 26.3 Å². The summed E-state index contributed by atoms with van der Waals surface area (Å²) in [4.78, 5) is 4.09. The number of hydrogen-bond donors (Lipinski definition) is 1. The predicted octanol–water partition coefficient (Wildman–Crippen LogP) is 0.959. The van der Waals surface area contributed by atoms with Gasteiger partial charge in [-0.15, -0.1) is 0 Å². The number of pyridine rings is 1. The maximum Gasteiger partial charge on any atom is 0.0588 e. The van der Waals surface area contributed by atoms with Crippen molar-refractivity contribution in [2.45, 2.75) is 11.8 Å². The van der Waals surface area contributed by atoms with Gasteiger partial charge in [0, 0.05) is 17.8 Å². The van der Waals surface area contributed by atoms with Gasteiger partial charge in [0.15, 0.2) is 0 Å². The van der Waals surface area contributed by atoms with Gasteiger partial charge in [0.2, 0.25) is 0 Å². The van der Waals surface area contributed by atoms with Crippen LogP contribution in [0.25, 0.3) is 0 Å². The van der Waals surface area contributed by atoms with Gasteiger partial charge in [0.05, 0.1) is 13.2 Å². The molecule has 3 rings (SSSR count). The summed E-state index contributed by atoms with van der Waals surface area (Å²) in [6.07, 6.45) is 5.04. The van der Waals surface area contributed by atoms with Crippen LogP contribution in [0.3, 0.4) is 0 Å². The third-order valence-corrected chi connectivity index (χ3v) is 3.82. The molecule has 80 valence electrons. The highest BCUT2D eigenvalue weighted by atomic mass is 16.5. The molecule has 0 amide bonds. The van der Waals surface area contributed by atoms with Crippen molar-refractivity contribution in [2.24, 2.45) is 5.92 Å². The summed E-state index contributed by atoms with van der Waals surface area (Å²) >= 11 is 0. The van der Waals surface area contributed by atoms with Gasteiger partial charge in [0.1, 0.15) is 0 Å². The largest absolute Gasteiger partial charge is 0.379 e. The molecule has 15 heavy (non-hydrogen) atoms. The molecule has 2 saturated heterocycles. The summed E-state index contributed by atoms with van der Waals surface area (Å²) in [6.45, 7) is 4.04. The molecule has 2 aliphatic heterocycles. The highest BCUT2D eigenvalue weighted by Gasteiger charge is 2.47. The molecule has 0 aromatic carbocycles. The lowest BCUT2D eigenvalue weighted by molar-refractivity contribution is -0.0869. The van der Waals surface area contributed by atoms with Gasteiger partial charge in [-0.1, -0.05) is 0 Å². The van der Waals surface area contributed by atoms with Crippen LogP contribution in [0, 0.1) is 5.92 Å². The zero-order valence-corrected chi connectivity index (χ0v) is 8.78. The Balaban J connectivity index is 1.92. The van der Waals surface area contributed by atoms with E-state index < -0.39 is 0 Å². The first-order valence-electron chi connectivity index (χ1n) is 5.61. The molecule has 1 N–H and O–H groups in total.